The molecule has 0 fully saturated rings. The molecule has 3 N–H and O–H groups in total. The maximum atomic E-state index is 12.6. The maximum absolute atomic E-state index is 12.6. The van der Waals surface area contributed by atoms with Crippen LogP contribution in [-0.4, -0.2) is 166 Å². The summed E-state index contributed by atoms with van der Waals surface area (Å²) >= 11 is 0. The van der Waals surface area contributed by atoms with Gasteiger partial charge in [0, 0.05) is 71.2 Å². The molecule has 0 aromatic rings. The molecule has 0 aromatic heterocycles. The minimum Gasteiger partial charge on any atom is -0.381 e. The van der Waals surface area contributed by atoms with Crippen molar-refractivity contribution in [3.05, 3.63) is 0 Å². The summed E-state index contributed by atoms with van der Waals surface area (Å²) in [6.07, 6.45) is 0.596. The van der Waals surface area contributed by atoms with Crippen molar-refractivity contribution in [2.45, 2.75) is 133 Å². The van der Waals surface area contributed by atoms with Gasteiger partial charge in [-0.3, -0.25) is 14.4 Å². The van der Waals surface area contributed by atoms with Gasteiger partial charge in [0.1, 0.15) is 0 Å². The molecule has 1 unspecified atom stereocenters. The SMILES string of the molecule is CCCOCC(COCCC(=O)NCC(OCC)OCC)(COCCC(=O)NCC(OCC)OCC)COP(OCCC#N)N(C(C)C)C(C)C.CCOC(CNC=O)OCC. The van der Waals surface area contributed by atoms with Crippen LogP contribution in [0.25, 0.3) is 0 Å². The van der Waals surface area contributed by atoms with Gasteiger partial charge in [0.25, 0.3) is 8.53 Å². The average Bonchev–Trinajstić information content (AvgIpc) is 3.23. The van der Waals surface area contributed by atoms with Gasteiger partial charge in [-0.25, -0.2) is 4.67 Å². The molecule has 0 aliphatic heterocycles. The van der Waals surface area contributed by atoms with E-state index in [0.29, 0.717) is 59.2 Å². The summed E-state index contributed by atoms with van der Waals surface area (Å²) in [5, 5.41) is 17.3. The van der Waals surface area contributed by atoms with Crippen molar-refractivity contribution >= 4 is 26.8 Å². The van der Waals surface area contributed by atoms with Gasteiger partial charge in [0.05, 0.1) is 83.8 Å². The highest BCUT2D eigenvalue weighted by Crippen LogP contribution is 2.47. The van der Waals surface area contributed by atoms with Crippen LogP contribution in [-0.2, 0) is 66.1 Å². The minimum atomic E-state index is -1.55. The second-order valence-corrected chi connectivity index (χ2v) is 15.6. The van der Waals surface area contributed by atoms with Crippen molar-refractivity contribution < 1.29 is 66.1 Å². The molecule has 0 saturated heterocycles. The van der Waals surface area contributed by atoms with E-state index in [9.17, 15) is 14.4 Å². The molecule has 0 heterocycles. The van der Waals surface area contributed by atoms with E-state index in [0.717, 1.165) is 6.42 Å². The van der Waals surface area contributed by atoms with Gasteiger partial charge in [0.15, 0.2) is 18.9 Å². The molecule has 0 radical (unpaired) electrons. The van der Waals surface area contributed by atoms with Crippen LogP contribution in [0.15, 0.2) is 0 Å². The van der Waals surface area contributed by atoms with Gasteiger partial charge in [0.2, 0.25) is 18.2 Å². The fourth-order valence-electron chi connectivity index (χ4n) is 5.42. The molecule has 1 atom stereocenters. The molecule has 0 spiro atoms. The number of nitrogens with zero attached hydrogens (tertiary/aromatic N) is 2. The zero-order valence-electron chi connectivity index (χ0n) is 39.9. The van der Waals surface area contributed by atoms with Gasteiger partial charge in [-0.2, -0.15) is 5.26 Å². The predicted molar refractivity (Wildman–Crippen MR) is 237 cm³/mol. The Morgan fingerprint density at radius 1 is 0.613 bits per heavy atom. The van der Waals surface area contributed by atoms with Gasteiger partial charge in [-0.15, -0.1) is 0 Å². The van der Waals surface area contributed by atoms with E-state index < -0.39 is 26.5 Å². The van der Waals surface area contributed by atoms with E-state index in [4.69, 9.17) is 56.9 Å². The third kappa shape index (κ3) is 33.4. The van der Waals surface area contributed by atoms with Crippen LogP contribution in [0.3, 0.4) is 0 Å². The first kappa shape index (κ1) is 61.9. The molecule has 0 rings (SSSR count). The van der Waals surface area contributed by atoms with Crippen molar-refractivity contribution in [2.75, 3.05) is 112 Å². The van der Waals surface area contributed by atoms with Gasteiger partial charge < -0.3 is 67.6 Å². The summed E-state index contributed by atoms with van der Waals surface area (Å²) in [4.78, 5) is 35.1. The number of nitriles is 1. The molecule has 3 amide bonds. The normalized spacial score (nSPS) is 12.3. The average molecular weight is 914 g/mol. The topological polar surface area (TPSA) is 216 Å². The number of rotatable bonds is 42. The van der Waals surface area contributed by atoms with Crippen LogP contribution in [0.1, 0.15) is 102 Å². The summed E-state index contributed by atoms with van der Waals surface area (Å²) in [5.41, 5.74) is -0.801. The van der Waals surface area contributed by atoms with Crippen LogP contribution in [0.4, 0.5) is 0 Å². The highest BCUT2D eigenvalue weighted by atomic mass is 31.2. The standard InChI is InChI=1S/C35H69N4O11P.C7H15NO3/c1-10-19-42-25-35(26-43-21-16-31(40)37-23-33(45-11-2)46-12-3,27-44-22-17-32(41)38-24-34(47-13-4)48-14-5)28-50-51(49-20-15-18-36)39(29(6)7)30(8)9;1-3-10-7(11-4-2)5-8-6-9/h29-30,33-34H,10-17,19-28H2,1-9H3,(H,37,40)(H,38,41);6-7H,3-5H2,1-2H3,(H,8,9). The Kier molecular flexibility index (Phi) is 42.7. The second-order valence-electron chi connectivity index (χ2n) is 14.1. The highest BCUT2D eigenvalue weighted by Gasteiger charge is 2.36. The van der Waals surface area contributed by atoms with E-state index >= 15 is 0 Å². The number of hydrogen-bond acceptors (Lipinski definition) is 16. The van der Waals surface area contributed by atoms with E-state index in [-0.39, 0.29) is 109 Å². The fraction of sp³-hybridized carbons (Fsp3) is 0.905. The molecule has 19 nitrogen and oxygen atoms in total. The first-order valence-electron chi connectivity index (χ1n) is 22.2. The Bertz CT molecular complexity index is 1040. The van der Waals surface area contributed by atoms with Gasteiger partial charge in [-0.1, -0.05) is 6.92 Å². The van der Waals surface area contributed by atoms with Crippen molar-refractivity contribution in [1.82, 2.24) is 20.6 Å². The third-order valence-corrected chi connectivity index (χ3v) is 10.1. The first-order valence-corrected chi connectivity index (χ1v) is 23.3. The molecule has 366 valence electrons. The monoisotopic (exact) mass is 914 g/mol. The van der Waals surface area contributed by atoms with E-state index in [1.807, 2.05) is 48.5 Å². The summed E-state index contributed by atoms with van der Waals surface area (Å²) in [5.74, 6) is -0.388. The van der Waals surface area contributed by atoms with Crippen molar-refractivity contribution in [3.63, 3.8) is 0 Å². The zero-order chi connectivity index (χ0) is 46.9. The quantitative estimate of drug-likeness (QED) is 0.0328. The molecule has 20 heteroatoms. The molecular weight excluding hydrogens is 829 g/mol. The Morgan fingerprint density at radius 2 is 1.02 bits per heavy atom. The van der Waals surface area contributed by atoms with Crippen LogP contribution >= 0.6 is 8.53 Å². The van der Waals surface area contributed by atoms with Crippen LogP contribution < -0.4 is 16.0 Å². The van der Waals surface area contributed by atoms with E-state index in [1.54, 1.807) is 0 Å². The summed E-state index contributed by atoms with van der Waals surface area (Å²) in [6, 6.07) is 2.36. The lowest BCUT2D eigenvalue weighted by Gasteiger charge is -2.39. The van der Waals surface area contributed by atoms with Gasteiger partial charge >= 0.3 is 0 Å². The minimum absolute atomic E-state index is 0.114. The Balaban J connectivity index is 0. The molecule has 0 saturated carbocycles. The van der Waals surface area contributed by atoms with Crippen molar-refractivity contribution in [2.24, 2.45) is 5.41 Å². The summed E-state index contributed by atoms with van der Waals surface area (Å²) < 4.78 is 65.4. The summed E-state index contributed by atoms with van der Waals surface area (Å²) in [7, 11) is -1.55. The lowest BCUT2D eigenvalue weighted by molar-refractivity contribution is -0.141. The predicted octanol–water partition coefficient (Wildman–Crippen LogP) is 4.67. The second kappa shape index (κ2) is 42.8. The highest BCUT2D eigenvalue weighted by molar-refractivity contribution is 7.44. The van der Waals surface area contributed by atoms with E-state index in [1.165, 1.54) is 0 Å². The first-order chi connectivity index (χ1) is 29.9. The molecule has 0 aliphatic carbocycles. The number of nitrogens with one attached hydrogen (secondary N) is 3. The lowest BCUT2D eigenvalue weighted by Crippen LogP contribution is -2.43. The molecule has 0 aromatic carbocycles. The van der Waals surface area contributed by atoms with Crippen LogP contribution in [0.2, 0.25) is 0 Å². The van der Waals surface area contributed by atoms with Gasteiger partial charge in [-0.05, 0) is 75.7 Å². The van der Waals surface area contributed by atoms with Crippen LogP contribution in [0.5, 0.6) is 0 Å². The number of amides is 3. The third-order valence-electron chi connectivity index (χ3n) is 8.08. The fourth-order valence-corrected chi connectivity index (χ4v) is 7.15. The Hall–Kier alpha value is -2.15. The van der Waals surface area contributed by atoms with Crippen LogP contribution in [0, 0.1) is 16.7 Å². The Labute approximate surface area is 374 Å². The molecular formula is C42H84N5O14P. The van der Waals surface area contributed by atoms with Crippen molar-refractivity contribution in [3.8, 4) is 6.07 Å². The van der Waals surface area contributed by atoms with E-state index in [2.05, 4.69) is 54.4 Å². The number of hydrogen-bond donors (Lipinski definition) is 3. The number of carbonyl (C=O) groups excluding carboxylic acids is 3. The summed E-state index contributed by atoms with van der Waals surface area (Å²) in [6.45, 7) is 27.3. The maximum Gasteiger partial charge on any atom is 0.259 e. The Morgan fingerprint density at radius 3 is 1.37 bits per heavy atom. The smallest absolute Gasteiger partial charge is 0.259 e. The number of carbonyl (C=O) groups is 3. The molecule has 62 heavy (non-hydrogen) atoms. The number of ether oxygens (including phenoxy) is 9. The molecule has 0 bridgehead atoms. The molecule has 0 aliphatic rings. The zero-order valence-corrected chi connectivity index (χ0v) is 40.8. The lowest BCUT2D eigenvalue weighted by atomic mass is 9.92. The largest absolute Gasteiger partial charge is 0.381 e. The van der Waals surface area contributed by atoms with Crippen molar-refractivity contribution in [1.29, 1.82) is 5.26 Å².